The maximum Gasteiger partial charge on any atom is 0.182 e. The molecule has 0 saturated carbocycles. The van der Waals surface area contributed by atoms with Crippen molar-refractivity contribution in [3.05, 3.63) is 51.8 Å². The summed E-state index contributed by atoms with van der Waals surface area (Å²) in [6.45, 7) is 2.72. The van der Waals surface area contributed by atoms with Gasteiger partial charge in [0.15, 0.2) is 4.87 Å². The first-order valence-electron chi connectivity index (χ1n) is 7.98. The number of nitrogens with zero attached hydrogens (tertiary/aromatic N) is 3. The van der Waals surface area contributed by atoms with Crippen LogP contribution in [0.3, 0.4) is 0 Å². The van der Waals surface area contributed by atoms with Gasteiger partial charge in [0, 0.05) is 18.9 Å². The maximum absolute atomic E-state index is 11.8. The van der Waals surface area contributed by atoms with Gasteiger partial charge >= 0.3 is 0 Å². The Bertz CT molecular complexity index is 608. The third kappa shape index (κ3) is 5.34. The quantitative estimate of drug-likeness (QED) is 0.428. The average molecular weight is 347 g/mol. The summed E-state index contributed by atoms with van der Waals surface area (Å²) in [7, 11) is 3.88. The van der Waals surface area contributed by atoms with Crippen molar-refractivity contribution in [3.63, 3.8) is 0 Å². The van der Waals surface area contributed by atoms with Crippen molar-refractivity contribution in [1.82, 2.24) is 4.90 Å². The van der Waals surface area contributed by atoms with E-state index in [1.807, 2.05) is 37.2 Å². The van der Waals surface area contributed by atoms with Gasteiger partial charge in [-0.05, 0) is 48.6 Å². The number of nitroso groups, excluding NO2 is 2. The highest BCUT2D eigenvalue weighted by Gasteiger charge is 2.39. The minimum Gasteiger partial charge on any atom is -0.309 e. The van der Waals surface area contributed by atoms with E-state index in [4.69, 9.17) is 5.69 Å². The van der Waals surface area contributed by atoms with Crippen LogP contribution in [0, 0.1) is 15.5 Å². The standard InChI is InChI=1S/C18H25N3O2S/c1-5-6-7-8-13-18(20-23,24-4)17(14-21(2)3)15-9-11-16(19-22)12-10-15/h4,7-12,17H,5-6,13-14H2,1-3H3/t17?,18-/m1/s1. The summed E-state index contributed by atoms with van der Waals surface area (Å²) in [5, 5.41) is 6.35. The molecule has 24 heavy (non-hydrogen) atoms. The van der Waals surface area contributed by atoms with Crippen molar-refractivity contribution in [3.8, 4) is 5.69 Å². The smallest absolute Gasteiger partial charge is 0.182 e. The zero-order valence-corrected chi connectivity index (χ0v) is 15.3. The molecule has 0 saturated heterocycles. The molecule has 1 aromatic carbocycles. The summed E-state index contributed by atoms with van der Waals surface area (Å²) in [4.78, 5) is 23.4. The van der Waals surface area contributed by atoms with E-state index in [0.29, 0.717) is 18.7 Å². The Balaban J connectivity index is 3.23. The summed E-state index contributed by atoms with van der Waals surface area (Å²) in [5.74, 6) is -0.202. The zero-order valence-electron chi connectivity index (χ0n) is 14.5. The summed E-state index contributed by atoms with van der Waals surface area (Å²) in [5.41, 5.74) is 7.18. The Labute approximate surface area is 147 Å². The highest BCUT2D eigenvalue weighted by Crippen LogP contribution is 2.40. The molecule has 1 unspecified atom stereocenters. The summed E-state index contributed by atoms with van der Waals surface area (Å²) in [6, 6.07) is 6.93. The Kier molecular flexibility index (Phi) is 8.47. The lowest BCUT2D eigenvalue weighted by Gasteiger charge is -2.32. The van der Waals surface area contributed by atoms with Crippen LogP contribution in [0.15, 0.2) is 46.8 Å². The Morgan fingerprint density at radius 2 is 1.92 bits per heavy atom. The molecule has 5 nitrogen and oxygen atoms in total. The normalized spacial score (nSPS) is 15.1. The van der Waals surface area contributed by atoms with Crippen molar-refractivity contribution < 1.29 is 0 Å². The number of allylic oxidation sites excluding steroid dienone is 1. The Hall–Kier alpha value is -1.88. The molecule has 0 aliphatic rings. The zero-order chi connectivity index (χ0) is 18.0. The SMILES string of the molecule is C#S[C@@](CC=CCCC)(N=O)C(CN(C)C)c1ccc(N=O)cc1. The summed E-state index contributed by atoms with van der Waals surface area (Å²) < 4.78 is 0. The molecule has 0 spiro atoms. The number of likely N-dealkylation sites (N-methyl/N-ethyl adjacent to an activating group) is 1. The molecule has 130 valence electrons. The van der Waals surface area contributed by atoms with E-state index in [1.54, 1.807) is 12.1 Å². The van der Waals surface area contributed by atoms with Crippen LogP contribution < -0.4 is 0 Å². The Morgan fingerprint density at radius 3 is 2.38 bits per heavy atom. The van der Waals surface area contributed by atoms with Gasteiger partial charge in [0.25, 0.3) is 0 Å². The fourth-order valence-corrected chi connectivity index (χ4v) is 3.18. The number of benzene rings is 1. The molecule has 0 N–H and O–H groups in total. The van der Waals surface area contributed by atoms with Gasteiger partial charge < -0.3 is 4.90 Å². The molecular weight excluding hydrogens is 322 g/mol. The second kappa shape index (κ2) is 10.1. The predicted octanol–water partition coefficient (Wildman–Crippen LogP) is 5.26. The van der Waals surface area contributed by atoms with Gasteiger partial charge in [-0.3, -0.25) is 0 Å². The van der Waals surface area contributed by atoms with E-state index in [2.05, 4.69) is 23.4 Å². The fraction of sp³-hybridized carbons (Fsp3) is 0.500. The number of hydrogen-bond donors (Lipinski definition) is 0. The van der Waals surface area contributed by atoms with Crippen molar-refractivity contribution in [1.29, 1.82) is 0 Å². The fourth-order valence-electron chi connectivity index (χ4n) is 2.57. The minimum atomic E-state index is -0.995. The molecule has 0 heterocycles. The van der Waals surface area contributed by atoms with E-state index in [1.165, 1.54) is 0 Å². The van der Waals surface area contributed by atoms with Gasteiger partial charge in [-0.15, -0.1) is 26.7 Å². The first-order chi connectivity index (χ1) is 11.5. The largest absolute Gasteiger partial charge is 0.309 e. The topological polar surface area (TPSA) is 62.1 Å². The predicted molar refractivity (Wildman–Crippen MR) is 103 cm³/mol. The third-order valence-electron chi connectivity index (χ3n) is 3.88. The Morgan fingerprint density at radius 1 is 1.25 bits per heavy atom. The van der Waals surface area contributed by atoms with Gasteiger partial charge in [0.1, 0.15) is 5.69 Å². The van der Waals surface area contributed by atoms with Gasteiger partial charge in [0.05, 0.1) is 0 Å². The van der Waals surface area contributed by atoms with Gasteiger partial charge in [0.2, 0.25) is 0 Å². The summed E-state index contributed by atoms with van der Waals surface area (Å²) in [6.07, 6.45) is 6.51. The third-order valence-corrected chi connectivity index (χ3v) is 4.82. The first kappa shape index (κ1) is 20.2. The van der Waals surface area contributed by atoms with Crippen LogP contribution in [-0.4, -0.2) is 30.4 Å². The van der Waals surface area contributed by atoms with Crippen LogP contribution in [0.4, 0.5) is 5.69 Å². The average Bonchev–Trinajstić information content (AvgIpc) is 2.61. The number of unbranched alkanes of at least 4 members (excludes halogenated alkanes) is 1. The molecular formula is C18H25N3O2S. The van der Waals surface area contributed by atoms with Crippen molar-refractivity contribution >= 4 is 16.9 Å². The van der Waals surface area contributed by atoms with Gasteiger partial charge in [-0.1, -0.05) is 37.6 Å². The summed E-state index contributed by atoms with van der Waals surface area (Å²) >= 11 is 0.988. The van der Waals surface area contributed by atoms with E-state index in [-0.39, 0.29) is 5.92 Å². The highest BCUT2D eigenvalue weighted by atomic mass is 32.1. The monoisotopic (exact) mass is 347 g/mol. The lowest BCUT2D eigenvalue weighted by molar-refractivity contribution is 0.332. The van der Waals surface area contributed by atoms with Crippen molar-refractivity contribution in [2.24, 2.45) is 10.4 Å². The molecule has 0 radical (unpaired) electrons. The molecule has 0 aromatic heterocycles. The maximum atomic E-state index is 11.8. The molecule has 0 amide bonds. The number of rotatable bonds is 10. The van der Waals surface area contributed by atoms with Crippen molar-refractivity contribution in [2.75, 3.05) is 20.6 Å². The molecule has 6 heteroatoms. The van der Waals surface area contributed by atoms with Crippen LogP contribution >= 0.6 is 11.2 Å². The highest BCUT2D eigenvalue weighted by molar-refractivity contribution is 7.89. The van der Waals surface area contributed by atoms with Crippen molar-refractivity contribution in [2.45, 2.75) is 37.0 Å². The second-order valence-corrected chi connectivity index (χ2v) is 6.96. The van der Waals surface area contributed by atoms with E-state index >= 15 is 0 Å². The lowest BCUT2D eigenvalue weighted by atomic mass is 9.88. The van der Waals surface area contributed by atoms with Crippen LogP contribution in [0.2, 0.25) is 0 Å². The molecule has 0 aliphatic carbocycles. The van der Waals surface area contributed by atoms with Crippen LogP contribution in [-0.2, 0) is 0 Å². The van der Waals surface area contributed by atoms with Crippen LogP contribution in [0.5, 0.6) is 0 Å². The molecule has 0 aliphatic heterocycles. The first-order valence-corrected chi connectivity index (χ1v) is 8.86. The minimum absolute atomic E-state index is 0.202. The van der Waals surface area contributed by atoms with Crippen LogP contribution in [0.1, 0.15) is 37.7 Å². The van der Waals surface area contributed by atoms with E-state index in [0.717, 1.165) is 29.6 Å². The lowest BCUT2D eigenvalue weighted by Crippen LogP contribution is -2.35. The molecule has 0 bridgehead atoms. The van der Waals surface area contributed by atoms with Crippen LogP contribution in [0.25, 0.3) is 0 Å². The van der Waals surface area contributed by atoms with Gasteiger partial charge in [-0.25, -0.2) is 0 Å². The van der Waals surface area contributed by atoms with E-state index < -0.39 is 4.87 Å². The second-order valence-electron chi connectivity index (χ2n) is 6.02. The van der Waals surface area contributed by atoms with E-state index in [9.17, 15) is 9.81 Å². The number of hydrogen-bond acceptors (Lipinski definition) is 5. The van der Waals surface area contributed by atoms with Gasteiger partial charge in [-0.2, -0.15) is 0 Å². The molecule has 1 rings (SSSR count). The molecule has 1 aromatic rings. The molecule has 2 atom stereocenters. The molecule has 0 fully saturated rings.